The maximum Gasteiger partial charge on any atom is 0.280 e. The highest BCUT2D eigenvalue weighted by atomic mass is 127. The zero-order chi connectivity index (χ0) is 17.5. The Labute approximate surface area is 164 Å². The van der Waals surface area contributed by atoms with Gasteiger partial charge in [-0.2, -0.15) is 8.42 Å². The van der Waals surface area contributed by atoms with Gasteiger partial charge in [-0.05, 0) is 70.0 Å². The molecule has 0 radical (unpaired) electrons. The van der Waals surface area contributed by atoms with E-state index in [0.717, 1.165) is 12.8 Å². The highest BCUT2D eigenvalue weighted by Gasteiger charge is 2.32. The predicted molar refractivity (Wildman–Crippen MR) is 109 cm³/mol. The van der Waals surface area contributed by atoms with Crippen LogP contribution in [-0.4, -0.2) is 16.7 Å². The zero-order valence-electron chi connectivity index (χ0n) is 12.9. The van der Waals surface area contributed by atoms with E-state index in [1.165, 1.54) is 22.9 Å². The quantitative estimate of drug-likeness (QED) is 0.373. The Balaban J connectivity index is 1.92. The van der Waals surface area contributed by atoms with E-state index in [1.54, 1.807) is 17.2 Å². The standard InChI is InChI=1S/C15H17ClIN3O2S2/c1-9-2-3-10-4-5-11(8-12(9)10)19-24(21,22)14(13(16)18)20-6-7-23-15(20)17/h4-9,15,19H,2-3,18H2,1H3/b14-13+. The molecule has 9 heteroatoms. The first kappa shape index (κ1) is 18.2. The number of nitrogens with zero attached hydrogens (tertiary/aromatic N) is 1. The van der Waals surface area contributed by atoms with Gasteiger partial charge in [0.1, 0.15) is 8.54 Å². The number of aryl methyl sites for hydroxylation is 1. The maximum absolute atomic E-state index is 12.8. The molecule has 2 atom stereocenters. The number of benzene rings is 1. The van der Waals surface area contributed by atoms with Crippen molar-refractivity contribution < 1.29 is 8.42 Å². The first-order valence-corrected chi connectivity index (χ1v) is 11.4. The van der Waals surface area contributed by atoms with E-state index in [4.69, 9.17) is 17.3 Å². The van der Waals surface area contributed by atoms with Crippen molar-refractivity contribution in [3.8, 4) is 0 Å². The Kier molecular flexibility index (Phi) is 5.29. The molecule has 0 saturated heterocycles. The van der Waals surface area contributed by atoms with Crippen molar-refractivity contribution in [3.05, 3.63) is 51.1 Å². The number of nitrogens with two attached hydrogens (primary N) is 1. The lowest BCUT2D eigenvalue weighted by atomic mass is 10.0. The Morgan fingerprint density at radius 2 is 2.25 bits per heavy atom. The van der Waals surface area contributed by atoms with Gasteiger partial charge in [0, 0.05) is 11.9 Å². The molecule has 3 N–H and O–H groups in total. The van der Waals surface area contributed by atoms with Gasteiger partial charge in [0.25, 0.3) is 10.0 Å². The summed E-state index contributed by atoms with van der Waals surface area (Å²) in [7, 11) is -3.90. The van der Waals surface area contributed by atoms with Crippen molar-refractivity contribution in [1.82, 2.24) is 4.90 Å². The van der Waals surface area contributed by atoms with Crippen LogP contribution in [-0.2, 0) is 16.4 Å². The second-order valence-corrected chi connectivity index (χ2v) is 10.8. The van der Waals surface area contributed by atoms with Crippen molar-refractivity contribution >= 4 is 61.7 Å². The van der Waals surface area contributed by atoms with Crippen molar-refractivity contribution in [2.75, 3.05) is 4.72 Å². The number of halogens is 2. The molecule has 1 heterocycles. The summed E-state index contributed by atoms with van der Waals surface area (Å²) in [5, 5.41) is 1.42. The number of hydrogen-bond donors (Lipinski definition) is 2. The number of alkyl halides is 1. The first-order chi connectivity index (χ1) is 11.3. The zero-order valence-corrected chi connectivity index (χ0v) is 17.4. The van der Waals surface area contributed by atoms with Crippen LogP contribution >= 0.6 is 46.0 Å². The summed E-state index contributed by atoms with van der Waals surface area (Å²) >= 11 is 9.51. The molecule has 5 nitrogen and oxygen atoms in total. The summed E-state index contributed by atoms with van der Waals surface area (Å²) in [5.74, 6) is 0.439. The molecular weight excluding hydrogens is 481 g/mol. The van der Waals surface area contributed by atoms with Gasteiger partial charge in [-0.25, -0.2) is 0 Å². The van der Waals surface area contributed by atoms with E-state index >= 15 is 0 Å². The fraction of sp³-hybridized carbons (Fsp3) is 0.333. The Morgan fingerprint density at radius 1 is 1.50 bits per heavy atom. The van der Waals surface area contributed by atoms with E-state index < -0.39 is 10.0 Å². The molecule has 24 heavy (non-hydrogen) atoms. The number of anilines is 1. The normalized spacial score (nSPS) is 24.0. The molecular formula is C15H17ClIN3O2S2. The second kappa shape index (κ2) is 6.97. The summed E-state index contributed by atoms with van der Waals surface area (Å²) in [5.41, 5.74) is 8.67. The lowest BCUT2D eigenvalue weighted by Gasteiger charge is -2.24. The van der Waals surface area contributed by atoms with E-state index in [-0.39, 0.29) is 13.6 Å². The molecule has 1 aromatic rings. The minimum Gasteiger partial charge on any atom is -0.387 e. The summed E-state index contributed by atoms with van der Waals surface area (Å²) in [6.45, 7) is 2.15. The summed E-state index contributed by atoms with van der Waals surface area (Å²) in [6, 6.07) is 5.67. The van der Waals surface area contributed by atoms with Crippen LogP contribution < -0.4 is 10.5 Å². The number of nitrogens with one attached hydrogen (secondary N) is 1. The lowest BCUT2D eigenvalue weighted by Crippen LogP contribution is -2.30. The molecule has 1 aromatic carbocycles. The number of thioether (sulfide) groups is 1. The molecule has 0 bridgehead atoms. The Hall–Kier alpha value is -0.580. The maximum atomic E-state index is 12.8. The molecule has 0 aromatic heterocycles. The topological polar surface area (TPSA) is 75.4 Å². The van der Waals surface area contributed by atoms with Crippen LogP contribution in [0.4, 0.5) is 5.69 Å². The monoisotopic (exact) mass is 497 g/mol. The van der Waals surface area contributed by atoms with Crippen molar-refractivity contribution in [2.24, 2.45) is 5.73 Å². The van der Waals surface area contributed by atoms with Gasteiger partial charge in [0.05, 0.1) is 0 Å². The van der Waals surface area contributed by atoms with E-state index in [0.29, 0.717) is 11.6 Å². The Morgan fingerprint density at radius 3 is 2.88 bits per heavy atom. The highest BCUT2D eigenvalue weighted by Crippen LogP contribution is 2.38. The van der Waals surface area contributed by atoms with Crippen LogP contribution in [0.1, 0.15) is 30.4 Å². The van der Waals surface area contributed by atoms with Gasteiger partial charge in [0.15, 0.2) is 5.03 Å². The van der Waals surface area contributed by atoms with Gasteiger partial charge in [0.2, 0.25) is 0 Å². The van der Waals surface area contributed by atoms with Crippen molar-refractivity contribution in [3.63, 3.8) is 0 Å². The smallest absolute Gasteiger partial charge is 0.280 e. The number of hydrogen-bond acceptors (Lipinski definition) is 5. The largest absolute Gasteiger partial charge is 0.387 e. The molecule has 3 rings (SSSR count). The number of fused-ring (bicyclic) bond motifs is 1. The summed E-state index contributed by atoms with van der Waals surface area (Å²) in [4.78, 5) is 1.55. The number of sulfonamides is 1. The third kappa shape index (κ3) is 3.51. The van der Waals surface area contributed by atoms with Crippen LogP contribution in [0.5, 0.6) is 0 Å². The molecule has 0 spiro atoms. The molecule has 0 saturated carbocycles. The van der Waals surface area contributed by atoms with Crippen LogP contribution in [0.2, 0.25) is 0 Å². The van der Waals surface area contributed by atoms with Gasteiger partial charge in [-0.15, -0.1) is 0 Å². The minimum absolute atomic E-state index is 0.119. The summed E-state index contributed by atoms with van der Waals surface area (Å²) < 4.78 is 28.2. The fourth-order valence-corrected chi connectivity index (χ4v) is 6.43. The average Bonchev–Trinajstić information content (AvgIpc) is 3.05. The predicted octanol–water partition coefficient (Wildman–Crippen LogP) is 4.04. The van der Waals surface area contributed by atoms with Gasteiger partial charge < -0.3 is 10.6 Å². The molecule has 0 amide bonds. The minimum atomic E-state index is -3.90. The van der Waals surface area contributed by atoms with E-state index in [9.17, 15) is 8.42 Å². The van der Waals surface area contributed by atoms with Gasteiger partial charge >= 0.3 is 0 Å². The van der Waals surface area contributed by atoms with Crippen LogP contribution in [0.3, 0.4) is 0 Å². The second-order valence-electron chi connectivity index (χ2n) is 5.73. The van der Waals surface area contributed by atoms with Crippen molar-refractivity contribution in [2.45, 2.75) is 29.1 Å². The SMILES string of the molecule is CC1CCc2ccc(NS(=O)(=O)/C(=C(/N)Cl)N3C=CSC3I)cc21. The molecule has 1 aliphatic heterocycles. The first-order valence-electron chi connectivity index (χ1n) is 7.35. The third-order valence-electron chi connectivity index (χ3n) is 4.10. The van der Waals surface area contributed by atoms with Crippen LogP contribution in [0.25, 0.3) is 0 Å². The Bertz CT molecular complexity index is 822. The average molecular weight is 498 g/mol. The van der Waals surface area contributed by atoms with Crippen LogP contribution in [0, 0.1) is 0 Å². The van der Waals surface area contributed by atoms with Gasteiger partial charge in [-0.3, -0.25) is 4.72 Å². The molecule has 0 fully saturated rings. The summed E-state index contributed by atoms with van der Waals surface area (Å²) in [6.07, 6.45) is 3.80. The highest BCUT2D eigenvalue weighted by molar-refractivity contribution is 14.1. The molecule has 130 valence electrons. The van der Waals surface area contributed by atoms with Gasteiger partial charge in [-0.1, -0.05) is 36.4 Å². The molecule has 1 aliphatic carbocycles. The lowest BCUT2D eigenvalue weighted by molar-refractivity contribution is 0.544. The molecule has 2 unspecified atom stereocenters. The van der Waals surface area contributed by atoms with E-state index in [2.05, 4.69) is 34.2 Å². The fourth-order valence-electron chi connectivity index (χ4n) is 2.92. The molecule has 2 aliphatic rings. The third-order valence-corrected chi connectivity index (χ3v) is 8.05. The van der Waals surface area contributed by atoms with Crippen LogP contribution in [0.15, 0.2) is 40.0 Å². The van der Waals surface area contributed by atoms with Crippen molar-refractivity contribution in [1.29, 1.82) is 0 Å². The van der Waals surface area contributed by atoms with E-state index in [1.807, 2.05) is 17.5 Å². The number of rotatable bonds is 4.